The quantitative estimate of drug-likeness (QED) is 0.159. The first kappa shape index (κ1) is 38.8. The van der Waals surface area contributed by atoms with Crippen LogP contribution in [0.5, 0.6) is 5.75 Å². The number of benzene rings is 1. The summed E-state index contributed by atoms with van der Waals surface area (Å²) in [6.45, 7) is 4.84. The molecule has 0 saturated carbocycles. The predicted octanol–water partition coefficient (Wildman–Crippen LogP) is 3.53. The van der Waals surface area contributed by atoms with E-state index < -0.39 is 24.0 Å². The van der Waals surface area contributed by atoms with Crippen LogP contribution < -0.4 is 26.5 Å². The van der Waals surface area contributed by atoms with Crippen molar-refractivity contribution in [1.29, 1.82) is 0 Å². The van der Waals surface area contributed by atoms with E-state index in [1.807, 2.05) is 23.1 Å². The van der Waals surface area contributed by atoms with Crippen LogP contribution in [-0.2, 0) is 16.0 Å². The van der Waals surface area contributed by atoms with Gasteiger partial charge in [-0.1, -0.05) is 0 Å². The standard InChI is InChI=1S/C38H46Br2N10O5/c39-28-20-25(21-29(40)33(28)51)23-30(45-37(54)49-14-7-27(8-15-49)50-32-2-1-9-43-34(32)46-38(50)55)35(52)44-31(22-24-3-10-41-11-4-24)36(53)48-18-16-47(17-19-48)26-5-12-42-13-6-26/h1-2,5-6,9,12-13,20-21,24,27,30-31,41,51H,3-4,7-8,10-11,14-19,22-23H2,(H,44,52)(H,45,54)(H,43,46,55). The van der Waals surface area contributed by atoms with Gasteiger partial charge in [-0.15, -0.1) is 0 Å². The number of rotatable bonds is 10. The fraction of sp³-hybridized carbons (Fsp3) is 0.474. The molecule has 4 aromatic rings. The predicted molar refractivity (Wildman–Crippen MR) is 215 cm³/mol. The number of phenols is 1. The lowest BCUT2D eigenvalue weighted by atomic mass is 9.90. The Balaban J connectivity index is 1.06. The number of halogens is 2. The maximum atomic E-state index is 14.4. The summed E-state index contributed by atoms with van der Waals surface area (Å²) in [6.07, 6.45) is 8.67. The molecule has 0 radical (unpaired) electrons. The molecule has 17 heteroatoms. The van der Waals surface area contributed by atoms with Crippen molar-refractivity contribution in [3.63, 3.8) is 0 Å². The minimum Gasteiger partial charge on any atom is -0.506 e. The van der Waals surface area contributed by atoms with E-state index in [2.05, 4.69) is 67.7 Å². The number of hydrogen-bond acceptors (Lipinski definition) is 9. The van der Waals surface area contributed by atoms with E-state index in [9.17, 15) is 24.3 Å². The summed E-state index contributed by atoms with van der Waals surface area (Å²) in [6, 6.07) is 8.68. The number of aromatic amines is 1. The van der Waals surface area contributed by atoms with Crippen LogP contribution in [0.25, 0.3) is 11.2 Å². The number of anilines is 1. The molecule has 7 rings (SSSR count). The van der Waals surface area contributed by atoms with Crippen LogP contribution >= 0.6 is 31.9 Å². The van der Waals surface area contributed by atoms with Crippen molar-refractivity contribution in [3.8, 4) is 5.75 Å². The normalized spacial score (nSPS) is 18.3. The van der Waals surface area contributed by atoms with E-state index in [1.165, 1.54) is 0 Å². The van der Waals surface area contributed by atoms with Crippen LogP contribution in [-0.4, -0.2) is 117 Å². The van der Waals surface area contributed by atoms with Gasteiger partial charge in [0, 0.05) is 76.0 Å². The second-order valence-electron chi connectivity index (χ2n) is 14.5. The third kappa shape index (κ3) is 9.15. The highest BCUT2D eigenvalue weighted by Crippen LogP contribution is 2.34. The Labute approximate surface area is 335 Å². The number of carbonyl (C=O) groups is 3. The molecule has 2 atom stereocenters. The molecule has 0 spiro atoms. The number of urea groups is 1. The molecule has 2 unspecified atom stereocenters. The number of nitrogens with one attached hydrogen (secondary N) is 4. The SMILES string of the molecule is O=C(NC(CC1CCNCC1)C(=O)N1CCN(c2ccncc2)CC1)C(Cc1cc(Br)c(O)c(Br)c1)NC(=O)N1CCC(n2c(=O)[nH]c3ncccc32)CC1. The largest absolute Gasteiger partial charge is 0.506 e. The van der Waals surface area contributed by atoms with Gasteiger partial charge >= 0.3 is 11.7 Å². The van der Waals surface area contributed by atoms with E-state index in [0.29, 0.717) is 78.7 Å². The van der Waals surface area contributed by atoms with Gasteiger partial charge in [0.25, 0.3) is 0 Å². The monoisotopic (exact) mass is 880 g/mol. The third-order valence-electron chi connectivity index (χ3n) is 11.0. The smallest absolute Gasteiger partial charge is 0.327 e. The van der Waals surface area contributed by atoms with Gasteiger partial charge in [-0.2, -0.15) is 0 Å². The van der Waals surface area contributed by atoms with Gasteiger partial charge < -0.3 is 35.8 Å². The number of aromatic nitrogens is 4. The fourth-order valence-corrected chi connectivity index (χ4v) is 9.26. The molecule has 0 aliphatic carbocycles. The Morgan fingerprint density at radius 2 is 1.56 bits per heavy atom. The molecule has 5 N–H and O–H groups in total. The zero-order valence-corrected chi connectivity index (χ0v) is 33.6. The van der Waals surface area contributed by atoms with Crippen molar-refractivity contribution in [3.05, 3.63) is 80.0 Å². The van der Waals surface area contributed by atoms with Crippen molar-refractivity contribution < 1.29 is 19.5 Å². The molecule has 0 bridgehead atoms. The third-order valence-corrected chi connectivity index (χ3v) is 12.2. The second-order valence-corrected chi connectivity index (χ2v) is 16.2. The number of fused-ring (bicyclic) bond motifs is 1. The van der Waals surface area contributed by atoms with Crippen LogP contribution in [0.1, 0.15) is 43.7 Å². The Kier molecular flexibility index (Phi) is 12.4. The van der Waals surface area contributed by atoms with Crippen molar-refractivity contribution in [2.24, 2.45) is 5.92 Å². The van der Waals surface area contributed by atoms with E-state index in [0.717, 1.165) is 37.1 Å². The number of piperazine rings is 1. The number of H-pyrrole nitrogens is 1. The molecule has 3 fully saturated rings. The summed E-state index contributed by atoms with van der Waals surface area (Å²) in [4.78, 5) is 72.3. The van der Waals surface area contributed by atoms with Crippen molar-refractivity contribution in [1.82, 2.24) is 45.3 Å². The van der Waals surface area contributed by atoms with Gasteiger partial charge in [-0.25, -0.2) is 14.6 Å². The summed E-state index contributed by atoms with van der Waals surface area (Å²) < 4.78 is 2.60. The van der Waals surface area contributed by atoms with Crippen LogP contribution in [0.3, 0.4) is 0 Å². The molecular weight excluding hydrogens is 836 g/mol. The van der Waals surface area contributed by atoms with E-state index in [4.69, 9.17) is 0 Å². The maximum Gasteiger partial charge on any atom is 0.327 e. The van der Waals surface area contributed by atoms with Crippen LogP contribution in [0.15, 0.2) is 68.7 Å². The number of nitrogens with zero attached hydrogens (tertiary/aromatic N) is 6. The zero-order chi connectivity index (χ0) is 38.5. The molecule has 3 aliphatic rings. The van der Waals surface area contributed by atoms with Gasteiger partial charge in [-0.05, 0) is 125 Å². The minimum atomic E-state index is -1.03. The van der Waals surface area contributed by atoms with Crippen molar-refractivity contribution in [2.45, 2.75) is 56.7 Å². The molecule has 3 saturated heterocycles. The number of phenolic OH excluding ortho intramolecular Hbond substituents is 1. The van der Waals surface area contributed by atoms with E-state index in [-0.39, 0.29) is 35.7 Å². The lowest BCUT2D eigenvalue weighted by Crippen LogP contribution is -2.59. The number of carbonyl (C=O) groups excluding carboxylic acids is 3. The average Bonchev–Trinajstić information content (AvgIpc) is 3.55. The maximum absolute atomic E-state index is 14.4. The lowest BCUT2D eigenvalue weighted by Gasteiger charge is -2.38. The van der Waals surface area contributed by atoms with Gasteiger partial charge in [0.1, 0.15) is 17.8 Å². The Hall–Kier alpha value is -4.48. The second kappa shape index (κ2) is 17.5. The molecular formula is C38H46Br2N10O5. The summed E-state index contributed by atoms with van der Waals surface area (Å²) in [5.41, 5.74) is 2.77. The Morgan fingerprint density at radius 1 is 0.873 bits per heavy atom. The fourth-order valence-electron chi connectivity index (χ4n) is 7.97. The van der Waals surface area contributed by atoms with Crippen LogP contribution in [0.4, 0.5) is 10.5 Å². The molecule has 55 heavy (non-hydrogen) atoms. The first-order valence-electron chi connectivity index (χ1n) is 18.9. The van der Waals surface area contributed by atoms with Gasteiger partial charge in [0.2, 0.25) is 11.8 Å². The highest BCUT2D eigenvalue weighted by Gasteiger charge is 2.35. The van der Waals surface area contributed by atoms with E-state index >= 15 is 0 Å². The number of aromatic hydroxyl groups is 1. The highest BCUT2D eigenvalue weighted by molar-refractivity contribution is 9.11. The number of amides is 4. The number of piperidine rings is 2. The van der Waals surface area contributed by atoms with Crippen LogP contribution in [0.2, 0.25) is 0 Å². The number of imidazole rings is 1. The Bertz CT molecular complexity index is 2020. The van der Waals surface area contributed by atoms with Crippen LogP contribution in [0, 0.1) is 5.92 Å². The van der Waals surface area contributed by atoms with Crippen molar-refractivity contribution in [2.75, 3.05) is 57.3 Å². The summed E-state index contributed by atoms with van der Waals surface area (Å²) in [7, 11) is 0. The molecule has 3 aromatic heterocycles. The molecule has 1 aromatic carbocycles. The summed E-state index contributed by atoms with van der Waals surface area (Å²) in [5.74, 6) is -0.291. The molecule has 6 heterocycles. The first-order chi connectivity index (χ1) is 26.6. The van der Waals surface area contributed by atoms with Gasteiger partial charge in [0.05, 0.1) is 14.5 Å². The van der Waals surface area contributed by atoms with Gasteiger partial charge in [-0.3, -0.25) is 24.1 Å². The topological polar surface area (TPSA) is 181 Å². The minimum absolute atomic E-state index is 0.0263. The van der Waals surface area contributed by atoms with E-state index in [1.54, 1.807) is 46.3 Å². The number of hydrogen-bond donors (Lipinski definition) is 5. The molecule has 3 aliphatic heterocycles. The summed E-state index contributed by atoms with van der Waals surface area (Å²) >= 11 is 6.78. The molecule has 4 amide bonds. The lowest BCUT2D eigenvalue weighted by molar-refractivity contribution is -0.137. The first-order valence-corrected chi connectivity index (χ1v) is 20.5. The molecule has 15 nitrogen and oxygen atoms in total. The zero-order valence-electron chi connectivity index (χ0n) is 30.4. The van der Waals surface area contributed by atoms with Gasteiger partial charge in [0.15, 0.2) is 5.65 Å². The van der Waals surface area contributed by atoms with Crippen molar-refractivity contribution >= 4 is 66.6 Å². The number of likely N-dealkylation sites (tertiary alicyclic amines) is 1. The summed E-state index contributed by atoms with van der Waals surface area (Å²) in [5, 5.41) is 19.8. The molecule has 292 valence electrons. The highest BCUT2D eigenvalue weighted by atomic mass is 79.9. The number of pyridine rings is 2. The average molecular weight is 883 g/mol. The Morgan fingerprint density at radius 3 is 2.25 bits per heavy atom.